The Kier molecular flexibility index (Phi) is 103. The van der Waals surface area contributed by atoms with E-state index >= 15 is 0 Å². The summed E-state index contributed by atoms with van der Waals surface area (Å²) in [4.78, 5) is 0. The summed E-state index contributed by atoms with van der Waals surface area (Å²) in [5.41, 5.74) is 0. The van der Waals surface area contributed by atoms with Gasteiger partial charge in [0.15, 0.2) is 0 Å². The normalized spacial score (nSPS) is 6.43. The van der Waals surface area contributed by atoms with Gasteiger partial charge in [0.2, 0.25) is 0 Å². The molecule has 0 aromatic heterocycles. The van der Waals surface area contributed by atoms with E-state index in [2.05, 4.69) is 36.7 Å². The van der Waals surface area contributed by atoms with E-state index in [-0.39, 0.29) is 26.2 Å². The molecule has 0 N–H and O–H groups in total. The molecule has 0 heterocycles. The van der Waals surface area contributed by atoms with Crippen molar-refractivity contribution in [1.82, 2.24) is 0 Å². The van der Waals surface area contributed by atoms with Crippen LogP contribution in [0.4, 0.5) is 0 Å². The van der Waals surface area contributed by atoms with Crippen LogP contribution >= 0.6 is 0 Å². The van der Waals surface area contributed by atoms with E-state index in [1.807, 2.05) is 0 Å². The van der Waals surface area contributed by atoms with Gasteiger partial charge in [0.1, 0.15) is 0 Å². The van der Waals surface area contributed by atoms with Crippen molar-refractivity contribution in [3.8, 4) is 0 Å². The van der Waals surface area contributed by atoms with Gasteiger partial charge in [-0.15, -0.1) is 0 Å². The monoisotopic (exact) mass is 279 g/mol. The van der Waals surface area contributed by atoms with Crippen molar-refractivity contribution in [2.75, 3.05) is 42.3 Å². The van der Waals surface area contributed by atoms with Crippen molar-refractivity contribution in [1.29, 1.82) is 0 Å². The van der Waals surface area contributed by atoms with E-state index in [0.29, 0.717) is 0 Å². The van der Waals surface area contributed by atoms with E-state index in [1.165, 1.54) is 5.92 Å². The van der Waals surface area contributed by atoms with Crippen LogP contribution in [0.1, 0.15) is 20.8 Å². The van der Waals surface area contributed by atoms with Crippen LogP contribution < -0.4 is 0 Å². The number of nitrogens with zero attached hydrogens (tertiary/aromatic N) is 3. The summed E-state index contributed by atoms with van der Waals surface area (Å²) >= 11 is 0. The maximum atomic E-state index is 3.50. The standard InChI is InChI=1S/C4H9.3C2H6N.Zr/c1-4(2)3;3*1-3-2;/h1-3H3;3*1-2H3;/q4*-1;+4. The molecule has 0 radical (unpaired) electrons. The molecule has 3 nitrogen and oxygen atoms in total. The quantitative estimate of drug-likeness (QED) is 0.610. The van der Waals surface area contributed by atoms with Gasteiger partial charge in [-0.25, -0.2) is 0 Å². The first-order valence-corrected chi connectivity index (χ1v) is 4.18. The average molecular weight is 281 g/mol. The Hall–Kier alpha value is 0.763. The van der Waals surface area contributed by atoms with Gasteiger partial charge in [-0.2, -0.15) is 63.1 Å². The van der Waals surface area contributed by atoms with Crippen molar-refractivity contribution < 1.29 is 26.2 Å². The van der Waals surface area contributed by atoms with Gasteiger partial charge in [0.05, 0.1) is 0 Å². The van der Waals surface area contributed by atoms with Crippen LogP contribution in [0.2, 0.25) is 0 Å². The minimum Gasteiger partial charge on any atom is -0.668 e. The maximum absolute atomic E-state index is 3.50. The molecule has 0 aromatic carbocycles. The van der Waals surface area contributed by atoms with Crippen LogP contribution in [0.5, 0.6) is 0 Å². The fourth-order valence-corrected chi connectivity index (χ4v) is 0. The Bertz CT molecular complexity index is 36.8. The largest absolute Gasteiger partial charge is 4.00 e. The topological polar surface area (TPSA) is 42.3 Å². The average Bonchev–Trinajstić information content (AvgIpc) is 1.88. The van der Waals surface area contributed by atoms with Crippen LogP contribution in [0.15, 0.2) is 0 Å². The molecule has 0 aliphatic rings. The molecule has 0 unspecified atom stereocenters. The molecule has 0 bridgehead atoms. The third-order valence-electron chi connectivity index (χ3n) is 0. The number of rotatable bonds is 0. The second kappa shape index (κ2) is 49.0. The van der Waals surface area contributed by atoms with Crippen molar-refractivity contribution in [2.45, 2.75) is 20.8 Å². The SMILES string of the molecule is C[C-](C)C.C[N-]C.C[N-]C.C[N-]C.[Zr+4]. The smallest absolute Gasteiger partial charge is 0.668 e. The molecule has 0 aliphatic heterocycles. The molecular weight excluding hydrogens is 253 g/mol. The Morgan fingerprint density at radius 3 is 0.571 bits per heavy atom. The predicted octanol–water partition coefficient (Wildman–Crippen LogP) is 3.48. The molecule has 0 aliphatic carbocycles. The minimum absolute atomic E-state index is 0. The molecule has 0 rings (SSSR count). The fourth-order valence-electron chi connectivity index (χ4n) is 0. The molecule has 0 amide bonds. The van der Waals surface area contributed by atoms with Crippen molar-refractivity contribution in [3.05, 3.63) is 21.9 Å². The summed E-state index contributed by atoms with van der Waals surface area (Å²) in [5.74, 6) is 1.42. The van der Waals surface area contributed by atoms with E-state index in [0.717, 1.165) is 0 Å². The summed E-state index contributed by atoms with van der Waals surface area (Å²) in [6.45, 7) is 6.25. The summed E-state index contributed by atoms with van der Waals surface area (Å²) in [7, 11) is 10.5. The van der Waals surface area contributed by atoms with Crippen LogP contribution in [-0.2, 0) is 26.2 Å². The van der Waals surface area contributed by atoms with Gasteiger partial charge in [-0.3, -0.25) is 0 Å². The van der Waals surface area contributed by atoms with Crippen LogP contribution in [0.25, 0.3) is 16.0 Å². The molecule has 0 atom stereocenters. The zero-order valence-corrected chi connectivity index (χ0v) is 13.8. The van der Waals surface area contributed by atoms with Gasteiger partial charge in [-0.1, -0.05) is 0 Å². The van der Waals surface area contributed by atoms with Crippen LogP contribution in [0, 0.1) is 5.92 Å². The van der Waals surface area contributed by atoms with Gasteiger partial charge < -0.3 is 21.9 Å². The van der Waals surface area contributed by atoms with E-state index in [9.17, 15) is 0 Å². The Balaban J connectivity index is -0.0000000254. The van der Waals surface area contributed by atoms with Crippen LogP contribution in [-0.4, -0.2) is 42.3 Å². The molecule has 86 valence electrons. The molecule has 0 aromatic rings. The first-order valence-electron chi connectivity index (χ1n) is 4.18. The molecule has 0 saturated heterocycles. The Labute approximate surface area is 111 Å². The second-order valence-corrected chi connectivity index (χ2v) is 2.84. The maximum Gasteiger partial charge on any atom is 4.00 e. The fraction of sp³-hybridized carbons (Fsp3) is 0.900. The first kappa shape index (κ1) is 29.3. The summed E-state index contributed by atoms with van der Waals surface area (Å²) in [6.07, 6.45) is 0. The van der Waals surface area contributed by atoms with Gasteiger partial charge in [0, 0.05) is 0 Å². The summed E-state index contributed by atoms with van der Waals surface area (Å²) in [6, 6.07) is 0. The predicted molar refractivity (Wildman–Crippen MR) is 65.9 cm³/mol. The summed E-state index contributed by atoms with van der Waals surface area (Å²) < 4.78 is 0. The zero-order valence-electron chi connectivity index (χ0n) is 11.3. The molecular formula is C10H27N3Zr. The van der Waals surface area contributed by atoms with Crippen molar-refractivity contribution in [3.63, 3.8) is 0 Å². The zero-order chi connectivity index (χ0) is 11.7. The first-order chi connectivity index (χ1) is 5.97. The van der Waals surface area contributed by atoms with Gasteiger partial charge in [0.25, 0.3) is 0 Å². The second-order valence-electron chi connectivity index (χ2n) is 2.84. The molecule has 0 spiro atoms. The molecule has 0 saturated carbocycles. The Morgan fingerprint density at radius 1 is 0.571 bits per heavy atom. The van der Waals surface area contributed by atoms with Crippen LogP contribution in [0.3, 0.4) is 0 Å². The summed E-state index contributed by atoms with van der Waals surface area (Å²) in [5, 5.41) is 10.5. The number of hydrogen-bond donors (Lipinski definition) is 0. The Morgan fingerprint density at radius 2 is 0.571 bits per heavy atom. The van der Waals surface area contributed by atoms with E-state index < -0.39 is 0 Å². The third kappa shape index (κ3) is 3030. The van der Waals surface area contributed by atoms with E-state index in [4.69, 9.17) is 0 Å². The minimum atomic E-state index is 0. The van der Waals surface area contributed by atoms with Gasteiger partial charge in [-0.05, 0) is 0 Å². The molecule has 14 heavy (non-hydrogen) atoms. The van der Waals surface area contributed by atoms with E-state index in [1.54, 1.807) is 42.3 Å². The molecule has 0 fully saturated rings. The van der Waals surface area contributed by atoms with Crippen molar-refractivity contribution >= 4 is 0 Å². The number of hydrogen-bond acceptors (Lipinski definition) is 0. The van der Waals surface area contributed by atoms with Crippen molar-refractivity contribution in [2.24, 2.45) is 0 Å². The van der Waals surface area contributed by atoms with Gasteiger partial charge >= 0.3 is 26.2 Å². The molecule has 4 heteroatoms. The third-order valence-corrected chi connectivity index (χ3v) is 0.